The van der Waals surface area contributed by atoms with E-state index < -0.39 is 0 Å². The number of nitrogens with zero attached hydrogens (tertiary/aromatic N) is 2. The molecule has 2 rings (SSSR count). The molecule has 5 nitrogen and oxygen atoms in total. The second-order valence-corrected chi connectivity index (χ2v) is 4.00. The summed E-state index contributed by atoms with van der Waals surface area (Å²) in [6.45, 7) is 3.73. The first-order valence-electron chi connectivity index (χ1n) is 5.59. The van der Waals surface area contributed by atoms with Crippen LogP contribution >= 0.6 is 0 Å². The summed E-state index contributed by atoms with van der Waals surface area (Å²) in [7, 11) is 0. The fourth-order valence-corrected chi connectivity index (χ4v) is 1.75. The van der Waals surface area contributed by atoms with Gasteiger partial charge in [-0.05, 0) is 13.8 Å². The molecule has 5 heteroatoms. The number of rotatable bonds is 2. The number of anilines is 1. The van der Waals surface area contributed by atoms with Gasteiger partial charge in [-0.1, -0.05) is 30.3 Å². The van der Waals surface area contributed by atoms with Gasteiger partial charge in [0.15, 0.2) is 11.8 Å². The second kappa shape index (κ2) is 4.83. The Labute approximate surface area is 106 Å². The first kappa shape index (κ1) is 12.0. The highest BCUT2D eigenvalue weighted by Crippen LogP contribution is 2.21. The quantitative estimate of drug-likeness (QED) is 0.554. The van der Waals surface area contributed by atoms with Crippen LogP contribution in [0.15, 0.2) is 30.3 Å². The predicted octanol–water partition coefficient (Wildman–Crippen LogP) is 2.07. The van der Waals surface area contributed by atoms with Gasteiger partial charge in [-0.3, -0.25) is 5.41 Å². The molecule has 1 aromatic carbocycles. The molecule has 4 N–H and O–H groups in total. The molecule has 0 aliphatic rings. The lowest BCUT2D eigenvalue weighted by Gasteiger charge is -2.11. The molecule has 0 amide bonds. The zero-order valence-electron chi connectivity index (χ0n) is 10.4. The molecule has 92 valence electrons. The average Bonchev–Trinajstić information content (AvgIpc) is 2.34. The maximum absolute atomic E-state index is 7.25. The number of aryl methyl sites for hydroxylation is 2. The van der Waals surface area contributed by atoms with Crippen LogP contribution in [0.3, 0.4) is 0 Å². The van der Waals surface area contributed by atoms with E-state index in [0.717, 1.165) is 17.0 Å². The van der Waals surface area contributed by atoms with Gasteiger partial charge in [0.1, 0.15) is 0 Å². The molecule has 0 radical (unpaired) electrons. The number of guanidine groups is 1. The van der Waals surface area contributed by atoms with E-state index in [0.29, 0.717) is 11.5 Å². The third-order valence-corrected chi connectivity index (χ3v) is 2.56. The van der Waals surface area contributed by atoms with E-state index >= 15 is 0 Å². The maximum Gasteiger partial charge on any atom is 0.190 e. The van der Waals surface area contributed by atoms with E-state index in [9.17, 15) is 0 Å². The zero-order valence-corrected chi connectivity index (χ0v) is 10.4. The van der Waals surface area contributed by atoms with E-state index in [1.807, 2.05) is 44.2 Å². The summed E-state index contributed by atoms with van der Waals surface area (Å²) in [6.07, 6.45) is 0. The van der Waals surface area contributed by atoms with Crippen LogP contribution in [0.25, 0.3) is 11.4 Å². The van der Waals surface area contributed by atoms with Crippen molar-refractivity contribution in [2.45, 2.75) is 13.8 Å². The number of nitrogens with one attached hydrogen (secondary N) is 2. The molecule has 0 saturated heterocycles. The van der Waals surface area contributed by atoms with Gasteiger partial charge in [-0.25, -0.2) is 9.97 Å². The molecule has 0 spiro atoms. The third-order valence-electron chi connectivity index (χ3n) is 2.56. The molecule has 0 atom stereocenters. The Bertz CT molecular complexity index is 554. The van der Waals surface area contributed by atoms with Crippen LogP contribution in [0, 0.1) is 19.3 Å². The minimum absolute atomic E-state index is 0.114. The van der Waals surface area contributed by atoms with Crippen molar-refractivity contribution in [3.8, 4) is 11.4 Å². The summed E-state index contributed by atoms with van der Waals surface area (Å²) in [5.41, 5.74) is 8.54. The standard InChI is InChI=1S/C13H15N5/c1-8-11(18-13(14)15)9(2)17-12(16-8)10-6-4-3-5-7-10/h3-7H,1-2H3,(H4,14,15,18). The van der Waals surface area contributed by atoms with Crippen molar-refractivity contribution in [1.82, 2.24) is 9.97 Å². The Kier molecular flexibility index (Phi) is 3.23. The lowest BCUT2D eigenvalue weighted by Crippen LogP contribution is -2.22. The molecule has 18 heavy (non-hydrogen) atoms. The highest BCUT2D eigenvalue weighted by molar-refractivity contribution is 5.91. The number of aromatic nitrogens is 2. The van der Waals surface area contributed by atoms with Crippen molar-refractivity contribution in [3.05, 3.63) is 41.7 Å². The van der Waals surface area contributed by atoms with Crippen LogP contribution < -0.4 is 11.1 Å². The van der Waals surface area contributed by atoms with Crippen LogP contribution in [0.5, 0.6) is 0 Å². The summed E-state index contributed by atoms with van der Waals surface area (Å²) in [5, 5.41) is 10.0. The molecule has 1 heterocycles. The van der Waals surface area contributed by atoms with Gasteiger partial charge < -0.3 is 11.1 Å². The van der Waals surface area contributed by atoms with E-state index in [-0.39, 0.29) is 5.96 Å². The normalized spacial score (nSPS) is 10.1. The highest BCUT2D eigenvalue weighted by atomic mass is 15.1. The first-order valence-corrected chi connectivity index (χ1v) is 5.59. The molecule has 0 aliphatic heterocycles. The molecule has 2 aromatic rings. The summed E-state index contributed by atoms with van der Waals surface area (Å²) < 4.78 is 0. The van der Waals surface area contributed by atoms with Gasteiger partial charge in [-0.2, -0.15) is 0 Å². The van der Waals surface area contributed by atoms with Crippen molar-refractivity contribution < 1.29 is 0 Å². The van der Waals surface area contributed by atoms with E-state index in [2.05, 4.69) is 15.3 Å². The minimum atomic E-state index is -0.114. The summed E-state index contributed by atoms with van der Waals surface area (Å²) in [5.74, 6) is 0.567. The molecule has 0 aliphatic carbocycles. The molecular weight excluding hydrogens is 226 g/mol. The average molecular weight is 241 g/mol. The van der Waals surface area contributed by atoms with Crippen molar-refractivity contribution in [1.29, 1.82) is 5.41 Å². The first-order chi connectivity index (χ1) is 8.58. The van der Waals surface area contributed by atoms with Gasteiger partial charge in [0.25, 0.3) is 0 Å². The zero-order chi connectivity index (χ0) is 13.1. The maximum atomic E-state index is 7.25. The van der Waals surface area contributed by atoms with Crippen molar-refractivity contribution in [2.24, 2.45) is 5.73 Å². The third kappa shape index (κ3) is 2.45. The number of benzene rings is 1. The smallest absolute Gasteiger partial charge is 0.190 e. The topological polar surface area (TPSA) is 87.7 Å². The SMILES string of the molecule is Cc1nc(-c2ccccc2)nc(C)c1NC(=N)N. The molecule has 0 unspecified atom stereocenters. The van der Waals surface area contributed by atoms with E-state index in [1.54, 1.807) is 0 Å². The minimum Gasteiger partial charge on any atom is -0.370 e. The van der Waals surface area contributed by atoms with Crippen molar-refractivity contribution >= 4 is 11.6 Å². The van der Waals surface area contributed by atoms with Crippen LogP contribution in [0.1, 0.15) is 11.4 Å². The Hall–Kier alpha value is -2.43. The number of hydrogen-bond acceptors (Lipinski definition) is 3. The van der Waals surface area contributed by atoms with Gasteiger partial charge in [0, 0.05) is 5.56 Å². The largest absolute Gasteiger partial charge is 0.370 e. The Balaban J connectivity index is 2.46. The van der Waals surface area contributed by atoms with Crippen molar-refractivity contribution in [3.63, 3.8) is 0 Å². The summed E-state index contributed by atoms with van der Waals surface area (Å²) in [4.78, 5) is 8.86. The Morgan fingerprint density at radius 2 is 1.67 bits per heavy atom. The van der Waals surface area contributed by atoms with Crippen LogP contribution in [0.2, 0.25) is 0 Å². The molecule has 0 bridgehead atoms. The van der Waals surface area contributed by atoms with Crippen LogP contribution in [0.4, 0.5) is 5.69 Å². The van der Waals surface area contributed by atoms with Gasteiger partial charge in [0.2, 0.25) is 0 Å². The van der Waals surface area contributed by atoms with E-state index in [4.69, 9.17) is 11.1 Å². The molecule has 0 saturated carbocycles. The molecule has 0 fully saturated rings. The van der Waals surface area contributed by atoms with Gasteiger partial charge >= 0.3 is 0 Å². The lowest BCUT2D eigenvalue weighted by atomic mass is 10.2. The highest BCUT2D eigenvalue weighted by Gasteiger charge is 2.09. The number of hydrogen-bond donors (Lipinski definition) is 3. The summed E-state index contributed by atoms with van der Waals surface area (Å²) in [6, 6.07) is 9.78. The van der Waals surface area contributed by atoms with Crippen LogP contribution in [-0.2, 0) is 0 Å². The fourth-order valence-electron chi connectivity index (χ4n) is 1.75. The second-order valence-electron chi connectivity index (χ2n) is 4.00. The lowest BCUT2D eigenvalue weighted by molar-refractivity contribution is 1.07. The van der Waals surface area contributed by atoms with Crippen molar-refractivity contribution in [2.75, 3.05) is 5.32 Å². The van der Waals surface area contributed by atoms with Crippen LogP contribution in [-0.4, -0.2) is 15.9 Å². The Morgan fingerprint density at radius 3 is 2.17 bits per heavy atom. The molecule has 1 aromatic heterocycles. The van der Waals surface area contributed by atoms with E-state index in [1.165, 1.54) is 0 Å². The molecular formula is C13H15N5. The summed E-state index contributed by atoms with van der Waals surface area (Å²) >= 11 is 0. The Morgan fingerprint density at radius 1 is 1.11 bits per heavy atom. The predicted molar refractivity (Wildman–Crippen MR) is 72.5 cm³/mol. The monoisotopic (exact) mass is 241 g/mol. The fraction of sp³-hybridized carbons (Fsp3) is 0.154. The van der Waals surface area contributed by atoms with Gasteiger partial charge in [-0.15, -0.1) is 0 Å². The van der Waals surface area contributed by atoms with Gasteiger partial charge in [0.05, 0.1) is 17.1 Å². The number of nitrogens with two attached hydrogens (primary N) is 1.